The molecule has 0 fully saturated rings. The molecule has 0 aliphatic rings. The van der Waals surface area contributed by atoms with Gasteiger partial charge in [0.2, 0.25) is 10.0 Å². The second-order valence-corrected chi connectivity index (χ2v) is 7.05. The van der Waals surface area contributed by atoms with Crippen LogP contribution in [0.4, 0.5) is 0 Å². The van der Waals surface area contributed by atoms with Gasteiger partial charge in [0, 0.05) is 6.54 Å². The maximum atomic E-state index is 11.6. The molecule has 0 bridgehead atoms. The number of benzene rings is 1. The Bertz CT molecular complexity index is 571. The van der Waals surface area contributed by atoms with Crippen LogP contribution in [0.5, 0.6) is 0 Å². The summed E-state index contributed by atoms with van der Waals surface area (Å²) in [5.74, 6) is 1.02. The van der Waals surface area contributed by atoms with Crippen LogP contribution in [-0.2, 0) is 16.6 Å². The van der Waals surface area contributed by atoms with E-state index in [2.05, 4.69) is 28.9 Å². The van der Waals surface area contributed by atoms with E-state index in [0.29, 0.717) is 18.4 Å². The lowest BCUT2D eigenvalue weighted by molar-refractivity contribution is 0.576. The van der Waals surface area contributed by atoms with Crippen LogP contribution in [0.3, 0.4) is 0 Å². The molecule has 0 saturated heterocycles. The highest BCUT2D eigenvalue weighted by atomic mass is 127. The quantitative estimate of drug-likeness (QED) is 0.342. The van der Waals surface area contributed by atoms with E-state index in [1.165, 1.54) is 7.05 Å². The molecule has 0 aromatic heterocycles. The summed E-state index contributed by atoms with van der Waals surface area (Å²) in [6, 6.07) is 6.57. The highest BCUT2D eigenvalue weighted by Gasteiger charge is 2.10. The third kappa shape index (κ3) is 7.41. The number of guanidine groups is 1. The Balaban J connectivity index is 0.00000441. The van der Waals surface area contributed by atoms with Crippen LogP contribution in [0.2, 0.25) is 0 Å². The number of hydrogen-bond donors (Lipinski definition) is 3. The second kappa shape index (κ2) is 10.0. The van der Waals surface area contributed by atoms with Gasteiger partial charge in [-0.05, 0) is 37.1 Å². The Labute approximate surface area is 150 Å². The van der Waals surface area contributed by atoms with Gasteiger partial charge in [-0.25, -0.2) is 18.1 Å². The number of rotatable bonds is 7. The molecule has 1 aromatic carbocycles. The predicted molar refractivity (Wildman–Crippen MR) is 101 cm³/mol. The molecule has 6 nitrogen and oxygen atoms in total. The number of hydrogen-bond acceptors (Lipinski definition) is 3. The van der Waals surface area contributed by atoms with Crippen molar-refractivity contribution in [2.24, 2.45) is 16.6 Å². The van der Waals surface area contributed by atoms with E-state index in [4.69, 9.17) is 5.73 Å². The molecular weight excluding hydrogens is 415 g/mol. The van der Waals surface area contributed by atoms with Gasteiger partial charge in [-0.3, -0.25) is 0 Å². The number of sulfonamides is 1. The standard InChI is InChI=1S/C14H24N4O2S.HI/c1-11(2)8-9-17-14(15)18-10-12-4-6-13(7-5-12)21(19,20)16-3;/h4-7,11,16H,8-10H2,1-3H3,(H3,15,17,18);1H. The molecule has 0 amide bonds. The van der Waals surface area contributed by atoms with Gasteiger partial charge in [-0.2, -0.15) is 0 Å². The lowest BCUT2D eigenvalue weighted by Crippen LogP contribution is -2.32. The Morgan fingerprint density at radius 2 is 1.86 bits per heavy atom. The minimum atomic E-state index is -3.39. The summed E-state index contributed by atoms with van der Waals surface area (Å²) in [7, 11) is -2.00. The predicted octanol–water partition coefficient (Wildman–Crippen LogP) is 1.66. The summed E-state index contributed by atoms with van der Waals surface area (Å²) >= 11 is 0. The number of halogens is 1. The Morgan fingerprint density at radius 1 is 1.27 bits per heavy atom. The lowest BCUT2D eigenvalue weighted by Gasteiger charge is -2.07. The summed E-state index contributed by atoms with van der Waals surface area (Å²) in [5.41, 5.74) is 6.66. The monoisotopic (exact) mass is 440 g/mol. The second-order valence-electron chi connectivity index (χ2n) is 5.16. The van der Waals surface area contributed by atoms with Crippen LogP contribution < -0.4 is 15.8 Å². The topological polar surface area (TPSA) is 96.6 Å². The molecule has 22 heavy (non-hydrogen) atoms. The molecule has 0 aliphatic heterocycles. The third-order valence-corrected chi connectivity index (χ3v) is 4.39. The first kappa shape index (κ1) is 21.1. The van der Waals surface area contributed by atoms with Crippen LogP contribution in [-0.4, -0.2) is 28.0 Å². The van der Waals surface area contributed by atoms with Crippen molar-refractivity contribution in [3.63, 3.8) is 0 Å². The first-order valence-corrected chi connectivity index (χ1v) is 8.39. The van der Waals surface area contributed by atoms with Crippen LogP contribution in [0.15, 0.2) is 34.2 Å². The summed E-state index contributed by atoms with van der Waals surface area (Å²) < 4.78 is 25.4. The van der Waals surface area contributed by atoms with E-state index in [-0.39, 0.29) is 28.9 Å². The molecule has 0 aliphatic carbocycles. The van der Waals surface area contributed by atoms with Gasteiger partial charge < -0.3 is 11.1 Å². The first-order chi connectivity index (χ1) is 9.85. The zero-order chi connectivity index (χ0) is 15.9. The van der Waals surface area contributed by atoms with Gasteiger partial charge in [-0.1, -0.05) is 26.0 Å². The summed E-state index contributed by atoms with van der Waals surface area (Å²) in [6.45, 7) is 5.51. The molecule has 0 unspecified atom stereocenters. The van der Waals surface area contributed by atoms with Crippen molar-refractivity contribution in [1.29, 1.82) is 0 Å². The Hall–Kier alpha value is -0.870. The molecule has 0 radical (unpaired) electrons. The van der Waals surface area contributed by atoms with Crippen LogP contribution >= 0.6 is 24.0 Å². The zero-order valence-electron chi connectivity index (χ0n) is 13.2. The molecule has 4 N–H and O–H groups in total. The van der Waals surface area contributed by atoms with Crippen molar-refractivity contribution in [3.8, 4) is 0 Å². The van der Waals surface area contributed by atoms with Crippen molar-refractivity contribution in [3.05, 3.63) is 29.8 Å². The Morgan fingerprint density at radius 3 is 2.36 bits per heavy atom. The highest BCUT2D eigenvalue weighted by Crippen LogP contribution is 2.10. The molecule has 126 valence electrons. The van der Waals surface area contributed by atoms with Gasteiger partial charge in [0.05, 0.1) is 11.4 Å². The smallest absolute Gasteiger partial charge is 0.240 e. The van der Waals surface area contributed by atoms with Crippen LogP contribution in [0.25, 0.3) is 0 Å². The fourth-order valence-electron chi connectivity index (χ4n) is 1.61. The van der Waals surface area contributed by atoms with Crippen molar-refractivity contribution < 1.29 is 8.42 Å². The summed E-state index contributed by atoms with van der Waals surface area (Å²) in [4.78, 5) is 4.46. The first-order valence-electron chi connectivity index (χ1n) is 6.91. The fraction of sp³-hybridized carbons (Fsp3) is 0.500. The van der Waals surface area contributed by atoms with Gasteiger partial charge >= 0.3 is 0 Å². The van der Waals surface area contributed by atoms with E-state index in [1.54, 1.807) is 24.3 Å². The molecule has 1 rings (SSSR count). The van der Waals surface area contributed by atoms with Gasteiger partial charge in [0.25, 0.3) is 0 Å². The fourth-order valence-corrected chi connectivity index (χ4v) is 2.34. The number of nitrogens with zero attached hydrogens (tertiary/aromatic N) is 1. The van der Waals surface area contributed by atoms with E-state index in [0.717, 1.165) is 18.5 Å². The molecule has 0 heterocycles. The van der Waals surface area contributed by atoms with Gasteiger partial charge in [0.15, 0.2) is 5.96 Å². The largest absolute Gasteiger partial charge is 0.370 e. The Kier molecular flexibility index (Phi) is 9.61. The van der Waals surface area contributed by atoms with E-state index in [9.17, 15) is 8.42 Å². The molecule has 1 aromatic rings. The minimum Gasteiger partial charge on any atom is -0.370 e. The van der Waals surface area contributed by atoms with E-state index in [1.807, 2.05) is 0 Å². The van der Waals surface area contributed by atoms with Crippen molar-refractivity contribution in [1.82, 2.24) is 10.0 Å². The van der Waals surface area contributed by atoms with Crippen molar-refractivity contribution in [2.45, 2.75) is 31.7 Å². The van der Waals surface area contributed by atoms with Gasteiger partial charge in [-0.15, -0.1) is 24.0 Å². The molecule has 0 spiro atoms. The highest BCUT2D eigenvalue weighted by molar-refractivity contribution is 14.0. The normalized spacial score (nSPS) is 12.1. The lowest BCUT2D eigenvalue weighted by atomic mass is 10.1. The van der Waals surface area contributed by atoms with Crippen LogP contribution in [0.1, 0.15) is 25.8 Å². The maximum Gasteiger partial charge on any atom is 0.240 e. The number of nitrogens with two attached hydrogens (primary N) is 1. The molecular formula is C14H25IN4O2S. The van der Waals surface area contributed by atoms with Crippen molar-refractivity contribution >= 4 is 40.0 Å². The summed E-state index contributed by atoms with van der Waals surface area (Å²) in [5, 5.41) is 3.05. The third-order valence-electron chi connectivity index (χ3n) is 2.96. The molecule has 0 saturated carbocycles. The van der Waals surface area contributed by atoms with Crippen molar-refractivity contribution in [2.75, 3.05) is 13.6 Å². The number of nitrogens with one attached hydrogen (secondary N) is 2. The molecule has 0 atom stereocenters. The van der Waals surface area contributed by atoms with Gasteiger partial charge in [0.1, 0.15) is 0 Å². The zero-order valence-corrected chi connectivity index (χ0v) is 16.3. The molecule has 8 heteroatoms. The van der Waals surface area contributed by atoms with E-state index >= 15 is 0 Å². The van der Waals surface area contributed by atoms with E-state index < -0.39 is 10.0 Å². The van der Waals surface area contributed by atoms with Crippen LogP contribution in [0, 0.1) is 5.92 Å². The average Bonchev–Trinajstić information content (AvgIpc) is 2.45. The maximum absolute atomic E-state index is 11.6. The summed E-state index contributed by atoms with van der Waals surface area (Å²) in [6.07, 6.45) is 1.03. The average molecular weight is 440 g/mol. The number of aliphatic imine (C=N–C) groups is 1. The minimum absolute atomic E-state index is 0. The SMILES string of the molecule is CNS(=O)(=O)c1ccc(CN=C(N)NCCC(C)C)cc1.I.